The van der Waals surface area contributed by atoms with Gasteiger partial charge in [0.25, 0.3) is 0 Å². The molecule has 0 bridgehead atoms. The molecule has 0 aliphatic carbocycles. The van der Waals surface area contributed by atoms with Gasteiger partial charge in [0.05, 0.1) is 11.9 Å². The Kier molecular flexibility index (Phi) is 5.69. The maximum atomic E-state index is 12.5. The number of amides is 2. The Morgan fingerprint density at radius 1 is 1.11 bits per heavy atom. The fraction of sp³-hybridized carbons (Fsp3) is 0.500. The van der Waals surface area contributed by atoms with Gasteiger partial charge in [-0.2, -0.15) is 5.10 Å². The molecule has 0 saturated carbocycles. The van der Waals surface area contributed by atoms with Crippen LogP contribution in [0.25, 0.3) is 5.69 Å². The fourth-order valence-electron chi connectivity index (χ4n) is 3.80. The highest BCUT2D eigenvalue weighted by Gasteiger charge is 2.27. The third-order valence-corrected chi connectivity index (χ3v) is 5.41. The van der Waals surface area contributed by atoms with Crippen molar-refractivity contribution in [2.75, 3.05) is 39.4 Å². The summed E-state index contributed by atoms with van der Waals surface area (Å²) in [5.74, 6) is 0. The number of nitrogens with one attached hydrogen (secondary N) is 1. The van der Waals surface area contributed by atoms with Crippen LogP contribution < -0.4 is 5.32 Å². The van der Waals surface area contributed by atoms with Gasteiger partial charge in [-0.1, -0.05) is 18.2 Å². The van der Waals surface area contributed by atoms with Crippen molar-refractivity contribution in [3.05, 3.63) is 48.3 Å². The van der Waals surface area contributed by atoms with Crippen LogP contribution in [0.5, 0.6) is 0 Å². The Balaban J connectivity index is 1.24. The van der Waals surface area contributed by atoms with E-state index in [0.29, 0.717) is 12.6 Å². The van der Waals surface area contributed by atoms with Crippen LogP contribution in [0.3, 0.4) is 0 Å². The van der Waals surface area contributed by atoms with E-state index in [2.05, 4.69) is 15.3 Å². The highest BCUT2D eigenvalue weighted by molar-refractivity contribution is 5.74. The monoisotopic (exact) mass is 369 g/mol. The molecule has 144 valence electrons. The quantitative estimate of drug-likeness (QED) is 0.894. The lowest BCUT2D eigenvalue weighted by molar-refractivity contribution is 0.0187. The molecule has 2 fully saturated rings. The first-order valence-electron chi connectivity index (χ1n) is 9.73. The molecule has 0 unspecified atom stereocenters. The Morgan fingerprint density at radius 2 is 1.85 bits per heavy atom. The molecule has 2 amide bonds. The Morgan fingerprint density at radius 3 is 2.59 bits per heavy atom. The van der Waals surface area contributed by atoms with E-state index in [1.165, 1.54) is 0 Å². The van der Waals surface area contributed by atoms with E-state index in [-0.39, 0.29) is 6.03 Å². The number of piperazine rings is 1. The number of rotatable bonds is 4. The molecule has 0 radical (unpaired) electrons. The molecule has 2 aromatic rings. The molecule has 1 aromatic heterocycles. The number of carbonyl (C=O) groups excluding carboxylic acids is 1. The third-order valence-electron chi connectivity index (χ3n) is 5.41. The smallest absolute Gasteiger partial charge is 0.317 e. The summed E-state index contributed by atoms with van der Waals surface area (Å²) in [6.07, 6.45) is 5.98. The Labute approximate surface area is 159 Å². The number of ether oxygens (including phenoxy) is 1. The lowest BCUT2D eigenvalue weighted by Crippen LogP contribution is -2.54. The maximum Gasteiger partial charge on any atom is 0.317 e. The predicted molar refractivity (Wildman–Crippen MR) is 103 cm³/mol. The molecule has 3 heterocycles. The highest BCUT2D eigenvalue weighted by Crippen LogP contribution is 2.16. The molecular formula is C20H27N5O2. The summed E-state index contributed by atoms with van der Waals surface area (Å²) in [4.78, 5) is 16.9. The molecule has 0 spiro atoms. The van der Waals surface area contributed by atoms with Crippen molar-refractivity contribution >= 4 is 6.03 Å². The van der Waals surface area contributed by atoms with E-state index < -0.39 is 0 Å². The predicted octanol–water partition coefficient (Wildman–Crippen LogP) is 1.88. The number of hydrogen-bond donors (Lipinski definition) is 1. The minimum Gasteiger partial charge on any atom is -0.381 e. The molecular weight excluding hydrogens is 342 g/mol. The van der Waals surface area contributed by atoms with Crippen LogP contribution >= 0.6 is 0 Å². The zero-order chi connectivity index (χ0) is 18.5. The molecule has 0 atom stereocenters. The van der Waals surface area contributed by atoms with Gasteiger partial charge in [0, 0.05) is 63.7 Å². The standard InChI is InChI=1S/C20H27N5O2/c26-20(24-10-8-23(9-11-24)18-6-12-27-13-7-18)21-14-17-15-22-25(16-17)19-4-2-1-3-5-19/h1-5,15-16,18H,6-14H2,(H,21,26). The van der Waals surface area contributed by atoms with Gasteiger partial charge in [-0.25, -0.2) is 9.48 Å². The fourth-order valence-corrected chi connectivity index (χ4v) is 3.80. The van der Waals surface area contributed by atoms with Crippen LogP contribution in [0.4, 0.5) is 4.79 Å². The van der Waals surface area contributed by atoms with Gasteiger partial charge >= 0.3 is 6.03 Å². The van der Waals surface area contributed by atoms with E-state index in [4.69, 9.17) is 4.74 Å². The lowest BCUT2D eigenvalue weighted by Gasteiger charge is -2.40. The van der Waals surface area contributed by atoms with E-state index >= 15 is 0 Å². The van der Waals surface area contributed by atoms with Crippen molar-refractivity contribution in [1.82, 2.24) is 24.9 Å². The van der Waals surface area contributed by atoms with Crippen LogP contribution in [0.1, 0.15) is 18.4 Å². The van der Waals surface area contributed by atoms with Crippen molar-refractivity contribution in [3.8, 4) is 5.69 Å². The van der Waals surface area contributed by atoms with Crippen LogP contribution in [-0.4, -0.2) is 71.0 Å². The topological polar surface area (TPSA) is 62.6 Å². The molecule has 4 rings (SSSR count). The van der Waals surface area contributed by atoms with E-state index in [1.54, 1.807) is 6.20 Å². The number of benzene rings is 1. The Bertz CT molecular complexity index is 734. The first kappa shape index (κ1) is 18.0. The second-order valence-corrected chi connectivity index (χ2v) is 7.15. The summed E-state index contributed by atoms with van der Waals surface area (Å²) in [6, 6.07) is 10.6. The summed E-state index contributed by atoms with van der Waals surface area (Å²) in [5.41, 5.74) is 2.01. The number of hydrogen-bond acceptors (Lipinski definition) is 4. The summed E-state index contributed by atoms with van der Waals surface area (Å²) < 4.78 is 7.27. The summed E-state index contributed by atoms with van der Waals surface area (Å²) in [7, 11) is 0. The minimum absolute atomic E-state index is 0.00842. The summed E-state index contributed by atoms with van der Waals surface area (Å²) >= 11 is 0. The summed E-state index contributed by atoms with van der Waals surface area (Å²) in [6.45, 7) is 5.68. The van der Waals surface area contributed by atoms with Crippen molar-refractivity contribution < 1.29 is 9.53 Å². The van der Waals surface area contributed by atoms with Crippen LogP contribution in [0, 0.1) is 0 Å². The number of carbonyl (C=O) groups is 1. The molecule has 2 aliphatic rings. The molecule has 7 heteroatoms. The molecule has 1 N–H and O–H groups in total. The van der Waals surface area contributed by atoms with Gasteiger partial charge in [0.2, 0.25) is 0 Å². The summed E-state index contributed by atoms with van der Waals surface area (Å²) in [5, 5.41) is 7.40. The van der Waals surface area contributed by atoms with Gasteiger partial charge in [0.1, 0.15) is 0 Å². The van der Waals surface area contributed by atoms with Gasteiger partial charge in [-0.3, -0.25) is 4.90 Å². The average Bonchev–Trinajstić information content (AvgIpc) is 3.22. The van der Waals surface area contributed by atoms with Crippen molar-refractivity contribution in [3.63, 3.8) is 0 Å². The number of nitrogens with zero attached hydrogens (tertiary/aromatic N) is 4. The van der Waals surface area contributed by atoms with Crippen LogP contribution in [0.2, 0.25) is 0 Å². The van der Waals surface area contributed by atoms with Gasteiger partial charge in [-0.05, 0) is 25.0 Å². The first-order chi connectivity index (χ1) is 13.3. The van der Waals surface area contributed by atoms with Gasteiger partial charge in [0.15, 0.2) is 0 Å². The Hall–Kier alpha value is -2.38. The van der Waals surface area contributed by atoms with Gasteiger partial charge < -0.3 is 15.0 Å². The minimum atomic E-state index is 0.00842. The largest absolute Gasteiger partial charge is 0.381 e. The van der Waals surface area contributed by atoms with Crippen molar-refractivity contribution in [2.24, 2.45) is 0 Å². The lowest BCUT2D eigenvalue weighted by atomic mass is 10.1. The molecule has 2 saturated heterocycles. The molecule has 27 heavy (non-hydrogen) atoms. The number of urea groups is 1. The maximum absolute atomic E-state index is 12.5. The van der Waals surface area contributed by atoms with E-state index in [1.807, 2.05) is 46.1 Å². The molecule has 7 nitrogen and oxygen atoms in total. The van der Waals surface area contributed by atoms with E-state index in [9.17, 15) is 4.79 Å². The number of para-hydroxylation sites is 1. The van der Waals surface area contributed by atoms with Crippen LogP contribution in [0.15, 0.2) is 42.7 Å². The normalized spacial score (nSPS) is 19.2. The number of aromatic nitrogens is 2. The molecule has 2 aliphatic heterocycles. The zero-order valence-electron chi connectivity index (χ0n) is 15.6. The second-order valence-electron chi connectivity index (χ2n) is 7.15. The zero-order valence-corrected chi connectivity index (χ0v) is 15.6. The highest BCUT2D eigenvalue weighted by atomic mass is 16.5. The van der Waals surface area contributed by atoms with Crippen LogP contribution in [-0.2, 0) is 11.3 Å². The third kappa shape index (κ3) is 4.48. The first-order valence-corrected chi connectivity index (χ1v) is 9.73. The average molecular weight is 369 g/mol. The second kappa shape index (κ2) is 8.54. The van der Waals surface area contributed by atoms with Gasteiger partial charge in [-0.15, -0.1) is 0 Å². The molecule has 1 aromatic carbocycles. The SMILES string of the molecule is O=C(NCc1cnn(-c2ccccc2)c1)N1CCN(C2CCOCC2)CC1. The van der Waals surface area contributed by atoms with Crippen molar-refractivity contribution in [2.45, 2.75) is 25.4 Å². The van der Waals surface area contributed by atoms with E-state index in [0.717, 1.165) is 63.5 Å². The van der Waals surface area contributed by atoms with Crippen molar-refractivity contribution in [1.29, 1.82) is 0 Å².